The van der Waals surface area contributed by atoms with Crippen LogP contribution in [0.2, 0.25) is 0 Å². The maximum atomic E-state index is 12.2. The van der Waals surface area contributed by atoms with Crippen LogP contribution in [0.25, 0.3) is 0 Å². The highest BCUT2D eigenvalue weighted by Crippen LogP contribution is 2.28. The first kappa shape index (κ1) is 16.1. The van der Waals surface area contributed by atoms with Gasteiger partial charge in [0.25, 0.3) is 0 Å². The van der Waals surface area contributed by atoms with Crippen molar-refractivity contribution < 1.29 is 19.4 Å². The molecular weight excluding hydrogens is 296 g/mol. The molecule has 6 heteroatoms. The second-order valence-corrected chi connectivity index (χ2v) is 6.22. The van der Waals surface area contributed by atoms with E-state index in [1.54, 1.807) is 12.0 Å². The van der Waals surface area contributed by atoms with Gasteiger partial charge >= 0.3 is 0 Å². The van der Waals surface area contributed by atoms with Gasteiger partial charge in [-0.15, -0.1) is 0 Å². The van der Waals surface area contributed by atoms with E-state index < -0.39 is 0 Å². The number of amides is 1. The van der Waals surface area contributed by atoms with Gasteiger partial charge in [-0.25, -0.2) is 0 Å². The fourth-order valence-electron chi connectivity index (χ4n) is 3.08. The predicted octanol–water partition coefficient (Wildman–Crippen LogP) is 0.742. The molecule has 0 bridgehead atoms. The lowest BCUT2D eigenvalue weighted by Gasteiger charge is -2.40. The summed E-state index contributed by atoms with van der Waals surface area (Å²) in [7, 11) is 1.62. The molecule has 1 amide bonds. The molecule has 126 valence electrons. The molecule has 0 spiro atoms. The van der Waals surface area contributed by atoms with E-state index >= 15 is 0 Å². The Morgan fingerprint density at radius 3 is 2.70 bits per heavy atom. The van der Waals surface area contributed by atoms with Gasteiger partial charge < -0.3 is 19.5 Å². The molecule has 1 N–H and O–H groups in total. The van der Waals surface area contributed by atoms with Crippen molar-refractivity contribution in [2.24, 2.45) is 0 Å². The minimum Gasteiger partial charge on any atom is -0.493 e. The average molecular weight is 320 g/mol. The summed E-state index contributed by atoms with van der Waals surface area (Å²) in [6.07, 6.45) is 1.51. The van der Waals surface area contributed by atoms with Crippen molar-refractivity contribution in [2.75, 3.05) is 39.8 Å². The van der Waals surface area contributed by atoms with Crippen LogP contribution in [-0.4, -0.2) is 72.9 Å². The number of benzene rings is 1. The molecule has 2 aliphatic rings. The molecule has 0 aliphatic carbocycles. The molecule has 0 saturated carbocycles. The maximum Gasteiger partial charge on any atom is 0.237 e. The Morgan fingerprint density at radius 2 is 2.00 bits per heavy atom. The fourth-order valence-corrected chi connectivity index (χ4v) is 3.08. The van der Waals surface area contributed by atoms with Gasteiger partial charge in [-0.1, -0.05) is 12.1 Å². The zero-order chi connectivity index (χ0) is 16.2. The number of piperidine rings is 1. The first-order chi connectivity index (χ1) is 11.2. The average Bonchev–Trinajstić information content (AvgIpc) is 2.50. The molecule has 1 aromatic carbocycles. The van der Waals surface area contributed by atoms with Crippen molar-refractivity contribution in [2.45, 2.75) is 25.0 Å². The van der Waals surface area contributed by atoms with Crippen LogP contribution in [0.15, 0.2) is 24.3 Å². The summed E-state index contributed by atoms with van der Waals surface area (Å²) >= 11 is 0. The molecule has 2 heterocycles. The van der Waals surface area contributed by atoms with Crippen molar-refractivity contribution in [3.05, 3.63) is 24.3 Å². The zero-order valence-electron chi connectivity index (χ0n) is 13.5. The van der Waals surface area contributed by atoms with Gasteiger partial charge in [-0.3, -0.25) is 9.69 Å². The van der Waals surface area contributed by atoms with Gasteiger partial charge in [-0.2, -0.15) is 0 Å². The van der Waals surface area contributed by atoms with Crippen LogP contribution in [0.3, 0.4) is 0 Å². The van der Waals surface area contributed by atoms with Crippen LogP contribution < -0.4 is 9.47 Å². The van der Waals surface area contributed by atoms with E-state index in [0.29, 0.717) is 37.7 Å². The zero-order valence-corrected chi connectivity index (χ0v) is 13.5. The minimum atomic E-state index is -0.297. The Labute approximate surface area is 136 Å². The molecule has 0 aromatic heterocycles. The minimum absolute atomic E-state index is 0.0159. The van der Waals surface area contributed by atoms with Gasteiger partial charge in [0.2, 0.25) is 5.91 Å². The Kier molecular flexibility index (Phi) is 5.03. The highest BCUT2D eigenvalue weighted by Gasteiger charge is 2.33. The summed E-state index contributed by atoms with van der Waals surface area (Å²) in [5, 5.41) is 9.66. The SMILES string of the molecule is COc1ccccc1OC1CN(C(=O)CN2CCCC(O)C2)C1. The highest BCUT2D eigenvalue weighted by molar-refractivity contribution is 5.79. The fraction of sp³-hybridized carbons (Fsp3) is 0.588. The van der Waals surface area contributed by atoms with Crippen LogP contribution in [0, 0.1) is 0 Å². The number of hydrogen-bond donors (Lipinski definition) is 1. The number of rotatable bonds is 5. The van der Waals surface area contributed by atoms with E-state index in [1.807, 2.05) is 29.2 Å². The summed E-state index contributed by atoms with van der Waals surface area (Å²) in [5.74, 6) is 1.53. The number of carbonyl (C=O) groups excluding carboxylic acids is 1. The van der Waals surface area contributed by atoms with E-state index in [0.717, 1.165) is 19.4 Å². The third kappa shape index (κ3) is 3.95. The Hall–Kier alpha value is -1.79. The summed E-state index contributed by atoms with van der Waals surface area (Å²) < 4.78 is 11.2. The molecule has 1 unspecified atom stereocenters. The smallest absolute Gasteiger partial charge is 0.237 e. The number of likely N-dealkylation sites (tertiary alicyclic amines) is 2. The van der Waals surface area contributed by atoms with Gasteiger partial charge in [0.1, 0.15) is 6.10 Å². The quantitative estimate of drug-likeness (QED) is 0.867. The van der Waals surface area contributed by atoms with Crippen LogP contribution >= 0.6 is 0 Å². The standard InChI is InChI=1S/C17H24N2O4/c1-22-15-6-2-3-7-16(15)23-14-10-19(11-14)17(21)12-18-8-4-5-13(20)9-18/h2-3,6-7,13-14,20H,4-5,8-12H2,1H3. The Balaban J connectivity index is 1.44. The molecule has 2 fully saturated rings. The highest BCUT2D eigenvalue weighted by atomic mass is 16.5. The van der Waals surface area contributed by atoms with E-state index in [1.165, 1.54) is 0 Å². The van der Waals surface area contributed by atoms with Gasteiger partial charge in [0.05, 0.1) is 32.8 Å². The summed E-state index contributed by atoms with van der Waals surface area (Å²) in [6, 6.07) is 7.54. The van der Waals surface area contributed by atoms with Gasteiger partial charge in [0.15, 0.2) is 11.5 Å². The van der Waals surface area contributed by atoms with E-state index in [4.69, 9.17) is 9.47 Å². The lowest BCUT2D eigenvalue weighted by Crippen LogP contribution is -2.58. The topological polar surface area (TPSA) is 62.2 Å². The normalized spacial score (nSPS) is 22.5. The molecule has 1 aromatic rings. The van der Waals surface area contributed by atoms with Gasteiger partial charge in [-0.05, 0) is 31.5 Å². The summed E-state index contributed by atoms with van der Waals surface area (Å²) in [4.78, 5) is 16.1. The first-order valence-electron chi connectivity index (χ1n) is 8.13. The lowest BCUT2D eigenvalue weighted by molar-refractivity contribution is -0.141. The lowest BCUT2D eigenvalue weighted by atomic mass is 10.1. The molecule has 0 radical (unpaired) electrons. The number of aliphatic hydroxyl groups excluding tert-OH is 1. The maximum absolute atomic E-state index is 12.2. The van der Waals surface area contributed by atoms with Crippen LogP contribution in [0.4, 0.5) is 0 Å². The Morgan fingerprint density at radius 1 is 1.26 bits per heavy atom. The molecule has 2 saturated heterocycles. The number of hydrogen-bond acceptors (Lipinski definition) is 5. The van der Waals surface area contributed by atoms with Crippen molar-refractivity contribution in [3.63, 3.8) is 0 Å². The number of para-hydroxylation sites is 2. The van der Waals surface area contributed by atoms with Crippen molar-refractivity contribution in [3.8, 4) is 11.5 Å². The van der Waals surface area contributed by atoms with Crippen molar-refractivity contribution in [1.82, 2.24) is 9.80 Å². The van der Waals surface area contributed by atoms with Crippen molar-refractivity contribution in [1.29, 1.82) is 0 Å². The number of aliphatic hydroxyl groups is 1. The molecule has 3 rings (SSSR count). The first-order valence-corrected chi connectivity index (χ1v) is 8.13. The van der Waals surface area contributed by atoms with E-state index in [2.05, 4.69) is 0 Å². The summed E-state index contributed by atoms with van der Waals surface area (Å²) in [6.45, 7) is 3.08. The monoisotopic (exact) mass is 320 g/mol. The molecular formula is C17H24N2O4. The van der Waals surface area contributed by atoms with E-state index in [-0.39, 0.29) is 18.1 Å². The van der Waals surface area contributed by atoms with Crippen molar-refractivity contribution >= 4 is 5.91 Å². The third-order valence-electron chi connectivity index (χ3n) is 4.40. The number of carbonyl (C=O) groups is 1. The summed E-state index contributed by atoms with van der Waals surface area (Å²) in [5.41, 5.74) is 0. The second-order valence-electron chi connectivity index (χ2n) is 6.22. The van der Waals surface area contributed by atoms with Crippen LogP contribution in [0.5, 0.6) is 11.5 Å². The van der Waals surface area contributed by atoms with E-state index in [9.17, 15) is 9.90 Å². The molecule has 2 aliphatic heterocycles. The number of β-amino-alcohol motifs (C(OH)–C–C–N with tert-alkyl or cyclic N) is 1. The largest absolute Gasteiger partial charge is 0.493 e. The number of methoxy groups -OCH3 is 1. The van der Waals surface area contributed by atoms with Gasteiger partial charge in [0, 0.05) is 6.54 Å². The molecule has 23 heavy (non-hydrogen) atoms. The molecule has 1 atom stereocenters. The Bertz CT molecular complexity index is 545. The third-order valence-corrected chi connectivity index (χ3v) is 4.40. The number of nitrogens with zero attached hydrogens (tertiary/aromatic N) is 2. The number of ether oxygens (including phenoxy) is 2. The predicted molar refractivity (Wildman–Crippen MR) is 85.7 cm³/mol. The van der Waals surface area contributed by atoms with Crippen LogP contribution in [-0.2, 0) is 4.79 Å². The molecule has 6 nitrogen and oxygen atoms in total. The second kappa shape index (κ2) is 7.19. The van der Waals surface area contributed by atoms with Crippen LogP contribution in [0.1, 0.15) is 12.8 Å².